The Morgan fingerprint density at radius 2 is 1.80 bits per heavy atom. The van der Waals surface area contributed by atoms with Gasteiger partial charge in [0.05, 0.1) is 36.6 Å². The van der Waals surface area contributed by atoms with E-state index < -0.39 is 11.9 Å². The highest BCUT2D eigenvalue weighted by Crippen LogP contribution is 2.35. The molecular formula is C21H18N2O5S2. The van der Waals surface area contributed by atoms with Crippen LogP contribution in [0, 0.1) is 0 Å². The van der Waals surface area contributed by atoms with E-state index in [2.05, 4.69) is 11.1 Å². The summed E-state index contributed by atoms with van der Waals surface area (Å²) in [5.74, 6) is -1.24. The van der Waals surface area contributed by atoms with Crippen LogP contribution in [0.5, 0.6) is 0 Å². The molecule has 0 saturated heterocycles. The van der Waals surface area contributed by atoms with E-state index in [1.807, 2.05) is 42.5 Å². The van der Waals surface area contributed by atoms with Crippen molar-refractivity contribution >= 4 is 50.9 Å². The van der Waals surface area contributed by atoms with Crippen molar-refractivity contribution in [3.8, 4) is 0 Å². The lowest BCUT2D eigenvalue weighted by molar-refractivity contribution is -0.140. The maximum absolute atomic E-state index is 12.4. The van der Waals surface area contributed by atoms with Gasteiger partial charge in [-0.15, -0.1) is 11.3 Å². The van der Waals surface area contributed by atoms with Crippen LogP contribution in [0.25, 0.3) is 10.2 Å². The average Bonchev–Trinajstić information content (AvgIpc) is 3.20. The number of thiazole rings is 1. The summed E-state index contributed by atoms with van der Waals surface area (Å²) in [7, 11) is 2.53. The second-order valence-corrected chi connectivity index (χ2v) is 8.61. The number of carbonyl (C=O) groups is 2. The number of benzene rings is 2. The summed E-state index contributed by atoms with van der Waals surface area (Å²) < 4.78 is 17.3. The lowest BCUT2D eigenvalue weighted by atomic mass is 10.1. The van der Waals surface area contributed by atoms with Crippen molar-refractivity contribution in [2.75, 3.05) is 32.5 Å². The van der Waals surface area contributed by atoms with Crippen LogP contribution < -0.4 is 4.90 Å². The Morgan fingerprint density at radius 3 is 2.50 bits per heavy atom. The van der Waals surface area contributed by atoms with E-state index in [0.717, 1.165) is 19.5 Å². The number of rotatable bonds is 5. The molecule has 0 spiro atoms. The topological polar surface area (TPSA) is 78.0 Å². The van der Waals surface area contributed by atoms with Gasteiger partial charge in [-0.2, -0.15) is 0 Å². The Kier molecular flexibility index (Phi) is 6.03. The minimum absolute atomic E-state index is 0.0147. The number of carbonyl (C=O) groups excluding carboxylic acids is 2. The Morgan fingerprint density at radius 1 is 1.07 bits per heavy atom. The van der Waals surface area contributed by atoms with Gasteiger partial charge in [-0.1, -0.05) is 23.9 Å². The molecule has 7 nitrogen and oxygen atoms in total. The number of ether oxygens (including phenoxy) is 3. The molecule has 0 unspecified atom stereocenters. The largest absolute Gasteiger partial charge is 0.466 e. The number of anilines is 1. The van der Waals surface area contributed by atoms with E-state index in [1.54, 1.807) is 28.0 Å². The van der Waals surface area contributed by atoms with Crippen molar-refractivity contribution in [1.29, 1.82) is 0 Å². The fourth-order valence-corrected chi connectivity index (χ4v) is 5.08. The van der Waals surface area contributed by atoms with Crippen LogP contribution in [0.15, 0.2) is 69.0 Å². The average molecular weight is 443 g/mol. The Labute approximate surface area is 181 Å². The van der Waals surface area contributed by atoms with Crippen molar-refractivity contribution in [2.24, 2.45) is 0 Å². The number of hydrogen-bond acceptors (Lipinski definition) is 9. The number of methoxy groups -OCH3 is 2. The lowest BCUT2D eigenvalue weighted by Crippen LogP contribution is -2.38. The van der Waals surface area contributed by atoms with Crippen molar-refractivity contribution < 1.29 is 23.8 Å². The number of para-hydroxylation sites is 1. The minimum Gasteiger partial charge on any atom is -0.466 e. The highest BCUT2D eigenvalue weighted by Gasteiger charge is 2.32. The van der Waals surface area contributed by atoms with Crippen LogP contribution in [0.4, 0.5) is 5.69 Å². The van der Waals surface area contributed by atoms with Gasteiger partial charge in [-0.05, 0) is 36.4 Å². The molecule has 1 aromatic heterocycles. The molecule has 2 heterocycles. The predicted octanol–water partition coefficient (Wildman–Crippen LogP) is 3.84. The molecule has 0 saturated carbocycles. The molecule has 30 heavy (non-hydrogen) atoms. The number of fused-ring (bicyclic) bond motifs is 1. The van der Waals surface area contributed by atoms with Crippen LogP contribution in [0.1, 0.15) is 0 Å². The highest BCUT2D eigenvalue weighted by molar-refractivity contribution is 8.01. The Balaban J connectivity index is 1.60. The van der Waals surface area contributed by atoms with Gasteiger partial charge in [0.1, 0.15) is 12.4 Å². The van der Waals surface area contributed by atoms with Crippen LogP contribution in [-0.4, -0.2) is 44.5 Å². The number of esters is 2. The van der Waals surface area contributed by atoms with Gasteiger partial charge < -0.3 is 19.1 Å². The van der Waals surface area contributed by atoms with Gasteiger partial charge in [-0.3, -0.25) is 0 Å². The molecule has 1 aliphatic rings. The van der Waals surface area contributed by atoms with E-state index in [4.69, 9.17) is 14.2 Å². The summed E-state index contributed by atoms with van der Waals surface area (Å²) in [6.45, 7) is 0.106. The zero-order valence-corrected chi connectivity index (χ0v) is 17.9. The first kappa shape index (κ1) is 20.4. The summed E-state index contributed by atoms with van der Waals surface area (Å²) in [5.41, 5.74) is 1.94. The molecule has 9 heteroatoms. The third-order valence-corrected chi connectivity index (χ3v) is 6.57. The second kappa shape index (κ2) is 8.86. The lowest BCUT2D eigenvalue weighted by Gasteiger charge is -2.31. The number of hydrogen-bond donors (Lipinski definition) is 0. The second-order valence-electron chi connectivity index (χ2n) is 6.26. The van der Waals surface area contributed by atoms with Gasteiger partial charge in [-0.25, -0.2) is 14.6 Å². The molecule has 0 radical (unpaired) electrons. The van der Waals surface area contributed by atoms with Crippen LogP contribution in [0.2, 0.25) is 0 Å². The van der Waals surface area contributed by atoms with E-state index >= 15 is 0 Å². The SMILES string of the molecule is COC(=O)C1=C(C(=O)OC)N(c2ccc(Sc3nc4ccccc4s3)cc2)COC1. The predicted molar refractivity (Wildman–Crippen MR) is 115 cm³/mol. The van der Waals surface area contributed by atoms with Crippen LogP contribution in [-0.2, 0) is 23.8 Å². The quantitative estimate of drug-likeness (QED) is 0.552. The molecule has 0 N–H and O–H groups in total. The minimum atomic E-state index is -0.622. The van der Waals surface area contributed by atoms with Gasteiger partial charge in [0, 0.05) is 10.6 Å². The monoisotopic (exact) mass is 442 g/mol. The van der Waals surface area contributed by atoms with Gasteiger partial charge >= 0.3 is 11.9 Å². The first-order valence-corrected chi connectivity index (χ1v) is 10.6. The molecule has 0 aliphatic carbocycles. The van der Waals surface area contributed by atoms with Gasteiger partial charge in [0.15, 0.2) is 4.34 Å². The standard InChI is InChI=1S/C21H18N2O5S2/c1-26-19(24)15-11-28-12-23(18(15)20(25)27-2)13-7-9-14(10-8-13)29-21-22-16-5-3-4-6-17(16)30-21/h3-10H,11-12H2,1-2H3. The van der Waals surface area contributed by atoms with Crippen molar-refractivity contribution in [2.45, 2.75) is 9.24 Å². The summed E-state index contributed by atoms with van der Waals surface area (Å²) in [6, 6.07) is 15.6. The third-order valence-electron chi connectivity index (χ3n) is 4.46. The van der Waals surface area contributed by atoms with Gasteiger partial charge in [0.2, 0.25) is 0 Å². The molecule has 2 aromatic carbocycles. The fraction of sp³-hybridized carbons (Fsp3) is 0.190. The first-order valence-electron chi connectivity index (χ1n) is 8.99. The van der Waals surface area contributed by atoms with Crippen molar-refractivity contribution in [3.05, 3.63) is 59.8 Å². The molecule has 0 atom stereocenters. The Bertz CT molecular complexity index is 1090. The Hall–Kier alpha value is -2.88. The molecular weight excluding hydrogens is 424 g/mol. The van der Waals surface area contributed by atoms with E-state index in [1.165, 1.54) is 14.2 Å². The fourth-order valence-electron chi connectivity index (χ4n) is 3.04. The van der Waals surface area contributed by atoms with Gasteiger partial charge in [0.25, 0.3) is 0 Å². The van der Waals surface area contributed by atoms with E-state index in [0.29, 0.717) is 5.69 Å². The smallest absolute Gasteiger partial charge is 0.355 e. The molecule has 154 valence electrons. The van der Waals surface area contributed by atoms with E-state index in [-0.39, 0.29) is 24.6 Å². The zero-order chi connectivity index (χ0) is 21.1. The maximum Gasteiger partial charge on any atom is 0.355 e. The third kappa shape index (κ3) is 4.04. The van der Waals surface area contributed by atoms with Crippen LogP contribution in [0.3, 0.4) is 0 Å². The number of nitrogens with zero attached hydrogens (tertiary/aromatic N) is 2. The van der Waals surface area contributed by atoms with Crippen molar-refractivity contribution in [1.82, 2.24) is 4.98 Å². The highest BCUT2D eigenvalue weighted by atomic mass is 32.2. The first-order chi connectivity index (χ1) is 14.6. The molecule has 4 rings (SSSR count). The van der Waals surface area contributed by atoms with Crippen LogP contribution >= 0.6 is 23.1 Å². The summed E-state index contributed by atoms with van der Waals surface area (Å²) >= 11 is 3.21. The maximum atomic E-state index is 12.4. The molecule has 3 aromatic rings. The molecule has 1 aliphatic heterocycles. The zero-order valence-electron chi connectivity index (χ0n) is 16.3. The summed E-state index contributed by atoms with van der Waals surface area (Å²) in [6.07, 6.45) is 0. The molecule has 0 fully saturated rings. The molecule has 0 amide bonds. The normalized spacial score (nSPS) is 14.1. The summed E-state index contributed by atoms with van der Waals surface area (Å²) in [5, 5.41) is 0. The van der Waals surface area contributed by atoms with E-state index in [9.17, 15) is 9.59 Å². The summed E-state index contributed by atoms with van der Waals surface area (Å²) in [4.78, 5) is 31.7. The molecule has 0 bridgehead atoms. The van der Waals surface area contributed by atoms with Crippen molar-refractivity contribution in [3.63, 3.8) is 0 Å². The number of aromatic nitrogens is 1.